The minimum absolute atomic E-state index is 0.0813. The first-order valence-electron chi connectivity index (χ1n) is 5.57. The topological polar surface area (TPSA) is 102 Å². The van der Waals surface area contributed by atoms with Crippen LogP contribution in [0, 0.1) is 0 Å². The van der Waals surface area contributed by atoms with Gasteiger partial charge in [-0.15, -0.1) is 0 Å². The number of carbonyl (C=O) groups is 2. The van der Waals surface area contributed by atoms with Crippen LogP contribution < -0.4 is 4.74 Å². The highest BCUT2D eigenvalue weighted by Gasteiger charge is 2.22. The summed E-state index contributed by atoms with van der Waals surface area (Å²) in [5.74, 6) is -2.14. The van der Waals surface area contributed by atoms with Crippen molar-refractivity contribution in [1.82, 2.24) is 0 Å². The minimum atomic E-state index is -1.06. The zero-order chi connectivity index (χ0) is 14.4. The lowest BCUT2D eigenvalue weighted by Crippen LogP contribution is -2.14. The highest BCUT2D eigenvalue weighted by molar-refractivity contribution is 5.96. The third-order valence-corrected chi connectivity index (χ3v) is 2.00. The van der Waals surface area contributed by atoms with E-state index in [1.807, 2.05) is 0 Å². The molecule has 0 aromatic heterocycles. The lowest BCUT2D eigenvalue weighted by molar-refractivity contribution is 0.0517. The minimum Gasteiger partial charge on any atom is -0.508 e. The monoisotopic (exact) mass is 270 g/mol. The Morgan fingerprint density at radius 1 is 1.11 bits per heavy atom. The zero-order valence-corrected chi connectivity index (χ0v) is 10.5. The van der Waals surface area contributed by atoms with Gasteiger partial charge in [0.25, 0.3) is 0 Å². The Kier molecular flexibility index (Phi) is 4.99. The van der Waals surface area contributed by atoms with Crippen molar-refractivity contribution in [2.24, 2.45) is 0 Å². The van der Waals surface area contributed by atoms with Crippen LogP contribution in [0.5, 0.6) is 17.2 Å². The van der Waals surface area contributed by atoms with E-state index in [-0.39, 0.29) is 30.3 Å². The maximum atomic E-state index is 11.6. The first kappa shape index (κ1) is 14.6. The van der Waals surface area contributed by atoms with Crippen LogP contribution in [0.4, 0.5) is 4.79 Å². The van der Waals surface area contributed by atoms with Crippen molar-refractivity contribution in [2.75, 3.05) is 13.2 Å². The fourth-order valence-corrected chi connectivity index (χ4v) is 1.31. The highest BCUT2D eigenvalue weighted by Crippen LogP contribution is 2.33. The Labute approximate surface area is 109 Å². The van der Waals surface area contributed by atoms with Crippen LogP contribution in [0.15, 0.2) is 12.1 Å². The third-order valence-electron chi connectivity index (χ3n) is 2.00. The second kappa shape index (κ2) is 6.48. The molecule has 0 unspecified atom stereocenters. The molecule has 104 valence electrons. The fourth-order valence-electron chi connectivity index (χ4n) is 1.31. The predicted octanol–water partition coefficient (Wildman–Crippen LogP) is 1.81. The van der Waals surface area contributed by atoms with E-state index < -0.39 is 17.9 Å². The van der Waals surface area contributed by atoms with Crippen LogP contribution in [0.3, 0.4) is 0 Å². The summed E-state index contributed by atoms with van der Waals surface area (Å²) in [5, 5.41) is 18.9. The molecule has 0 atom stereocenters. The smallest absolute Gasteiger partial charge is 0.508 e. The number of phenols is 2. The molecule has 0 aliphatic rings. The third kappa shape index (κ3) is 3.77. The van der Waals surface area contributed by atoms with Gasteiger partial charge in [-0.3, -0.25) is 0 Å². The molecule has 1 aromatic carbocycles. The van der Waals surface area contributed by atoms with Crippen LogP contribution >= 0.6 is 0 Å². The Bertz CT molecular complexity index is 481. The number of rotatable bonds is 4. The standard InChI is InChI=1S/C12H14O7/c1-3-17-11(15)10-8(14)5-7(13)6-9(10)19-12(16)18-4-2/h5-6,13-14H,3-4H2,1-2H3. The molecule has 0 radical (unpaired) electrons. The van der Waals surface area contributed by atoms with Crippen LogP contribution in [0.1, 0.15) is 24.2 Å². The Balaban J connectivity index is 3.13. The van der Waals surface area contributed by atoms with E-state index in [0.29, 0.717) is 0 Å². The van der Waals surface area contributed by atoms with Crippen molar-refractivity contribution in [2.45, 2.75) is 13.8 Å². The van der Waals surface area contributed by atoms with Gasteiger partial charge in [-0.1, -0.05) is 0 Å². The molecule has 7 nitrogen and oxygen atoms in total. The van der Waals surface area contributed by atoms with Gasteiger partial charge >= 0.3 is 12.1 Å². The van der Waals surface area contributed by atoms with Gasteiger partial charge in [-0.25, -0.2) is 9.59 Å². The summed E-state index contributed by atoms with van der Waals surface area (Å²) in [6.07, 6.45) is -1.06. The summed E-state index contributed by atoms with van der Waals surface area (Å²) in [5.41, 5.74) is -0.354. The van der Waals surface area contributed by atoms with E-state index >= 15 is 0 Å². The molecule has 0 amide bonds. The number of phenolic OH excluding ortho intramolecular Hbond substituents is 2. The molecule has 0 aliphatic carbocycles. The second-order valence-electron chi connectivity index (χ2n) is 3.34. The average Bonchev–Trinajstić information content (AvgIpc) is 2.28. The maximum absolute atomic E-state index is 11.6. The van der Waals surface area contributed by atoms with Crippen molar-refractivity contribution in [3.63, 3.8) is 0 Å². The van der Waals surface area contributed by atoms with Crippen LogP contribution in [0.25, 0.3) is 0 Å². The Morgan fingerprint density at radius 3 is 2.32 bits per heavy atom. The van der Waals surface area contributed by atoms with E-state index in [9.17, 15) is 19.8 Å². The van der Waals surface area contributed by atoms with Gasteiger partial charge in [-0.2, -0.15) is 0 Å². The first-order valence-corrected chi connectivity index (χ1v) is 5.57. The molecule has 0 heterocycles. The molecule has 2 N–H and O–H groups in total. The summed E-state index contributed by atoms with van der Waals surface area (Å²) >= 11 is 0. The quantitative estimate of drug-likeness (QED) is 0.635. The van der Waals surface area contributed by atoms with Crippen LogP contribution in [-0.2, 0) is 9.47 Å². The number of benzene rings is 1. The van der Waals surface area contributed by atoms with Gasteiger partial charge in [0.15, 0.2) is 5.75 Å². The number of hydrogen-bond donors (Lipinski definition) is 2. The second-order valence-corrected chi connectivity index (χ2v) is 3.34. The summed E-state index contributed by atoms with van der Waals surface area (Å²) in [6.45, 7) is 3.32. The summed E-state index contributed by atoms with van der Waals surface area (Å²) in [4.78, 5) is 22.8. The van der Waals surface area contributed by atoms with Gasteiger partial charge in [0.2, 0.25) is 0 Å². The zero-order valence-electron chi connectivity index (χ0n) is 10.5. The Hall–Kier alpha value is -2.44. The molecule has 1 aromatic rings. The molecular weight excluding hydrogens is 256 g/mol. The van der Waals surface area contributed by atoms with E-state index in [0.717, 1.165) is 12.1 Å². The normalized spacial score (nSPS) is 9.79. The molecule has 19 heavy (non-hydrogen) atoms. The van der Waals surface area contributed by atoms with Crippen molar-refractivity contribution >= 4 is 12.1 Å². The molecule has 7 heteroatoms. The largest absolute Gasteiger partial charge is 0.513 e. The summed E-state index contributed by atoms with van der Waals surface area (Å²) < 4.78 is 14.0. The summed E-state index contributed by atoms with van der Waals surface area (Å²) in [7, 11) is 0. The molecule has 0 aliphatic heterocycles. The molecule has 0 spiro atoms. The number of carbonyl (C=O) groups excluding carboxylic acids is 2. The van der Waals surface area contributed by atoms with Gasteiger partial charge in [0.05, 0.1) is 13.2 Å². The SMILES string of the molecule is CCOC(=O)Oc1cc(O)cc(O)c1C(=O)OCC. The van der Waals surface area contributed by atoms with E-state index in [1.54, 1.807) is 13.8 Å². The number of ether oxygens (including phenoxy) is 3. The van der Waals surface area contributed by atoms with Crippen LogP contribution in [0.2, 0.25) is 0 Å². The molecule has 0 saturated carbocycles. The van der Waals surface area contributed by atoms with Gasteiger partial charge in [0, 0.05) is 12.1 Å². The van der Waals surface area contributed by atoms with Crippen molar-refractivity contribution < 1.29 is 34.0 Å². The van der Waals surface area contributed by atoms with Crippen molar-refractivity contribution in [1.29, 1.82) is 0 Å². The lowest BCUT2D eigenvalue weighted by atomic mass is 10.1. The molecule has 0 bridgehead atoms. The van der Waals surface area contributed by atoms with E-state index in [1.165, 1.54) is 0 Å². The highest BCUT2D eigenvalue weighted by atomic mass is 16.7. The van der Waals surface area contributed by atoms with Crippen LogP contribution in [-0.4, -0.2) is 35.6 Å². The summed E-state index contributed by atoms with van der Waals surface area (Å²) in [6, 6.07) is 1.94. The van der Waals surface area contributed by atoms with Gasteiger partial charge < -0.3 is 24.4 Å². The first-order chi connectivity index (χ1) is 8.99. The van der Waals surface area contributed by atoms with Gasteiger partial charge in [-0.05, 0) is 13.8 Å². The van der Waals surface area contributed by atoms with E-state index in [2.05, 4.69) is 4.74 Å². The van der Waals surface area contributed by atoms with Crippen molar-refractivity contribution in [3.8, 4) is 17.2 Å². The van der Waals surface area contributed by atoms with Crippen molar-refractivity contribution in [3.05, 3.63) is 17.7 Å². The van der Waals surface area contributed by atoms with Gasteiger partial charge in [0.1, 0.15) is 17.1 Å². The lowest BCUT2D eigenvalue weighted by Gasteiger charge is -2.11. The molecule has 0 fully saturated rings. The number of hydrogen-bond acceptors (Lipinski definition) is 7. The van der Waals surface area contributed by atoms with E-state index in [4.69, 9.17) is 9.47 Å². The Morgan fingerprint density at radius 2 is 1.74 bits per heavy atom. The molecule has 1 rings (SSSR count). The molecule has 0 saturated heterocycles. The predicted molar refractivity (Wildman–Crippen MR) is 63.4 cm³/mol. The fraction of sp³-hybridized carbons (Fsp3) is 0.333. The number of aromatic hydroxyl groups is 2. The molecular formula is C12H14O7. The number of esters is 1. The average molecular weight is 270 g/mol. The maximum Gasteiger partial charge on any atom is 0.513 e.